The monoisotopic (exact) mass is 198 g/mol. The molecule has 0 saturated carbocycles. The molecule has 2 rings (SSSR count). The fourth-order valence-electron chi connectivity index (χ4n) is 1.33. The Balaban J connectivity index is 2.23. The van der Waals surface area contributed by atoms with E-state index in [4.69, 9.17) is 8.37 Å². The first-order chi connectivity index (χ1) is 6.27. The van der Waals surface area contributed by atoms with Crippen LogP contribution in [0, 0.1) is 0 Å². The zero-order chi connectivity index (χ0) is 9.26. The highest BCUT2D eigenvalue weighted by molar-refractivity contribution is 7.75. The molecule has 3 unspecified atom stereocenters. The largest absolute Gasteiger partial charge is 0.305 e. The van der Waals surface area contributed by atoms with Gasteiger partial charge in [-0.2, -0.15) is 4.21 Å². The summed E-state index contributed by atoms with van der Waals surface area (Å²) in [5.41, 5.74) is 1.00. The lowest BCUT2D eigenvalue weighted by atomic mass is 10.1. The van der Waals surface area contributed by atoms with Crippen molar-refractivity contribution in [3.63, 3.8) is 0 Å². The number of hydrogen-bond acceptors (Lipinski definition) is 3. The summed E-state index contributed by atoms with van der Waals surface area (Å²) >= 11 is -1.58. The Bertz CT molecular complexity index is 312. The zero-order valence-corrected chi connectivity index (χ0v) is 7.99. The summed E-state index contributed by atoms with van der Waals surface area (Å²) in [6.45, 7) is 1.85. The van der Waals surface area contributed by atoms with Crippen molar-refractivity contribution < 1.29 is 12.6 Å². The van der Waals surface area contributed by atoms with Gasteiger partial charge in [0.2, 0.25) is 0 Å². The van der Waals surface area contributed by atoms with Crippen LogP contribution in [0.25, 0.3) is 0 Å². The molecule has 3 nitrogen and oxygen atoms in total. The molecule has 70 valence electrons. The molecule has 4 heteroatoms. The normalized spacial score (nSPS) is 33.5. The standard InChI is InChI=1S/C9H10O3S/c1-7-9(12-13(10)11-7)8-5-3-2-4-6-8/h2-7,9H,1H3. The second-order valence-corrected chi connectivity index (χ2v) is 3.73. The average Bonchev–Trinajstić information content (AvgIpc) is 2.47. The van der Waals surface area contributed by atoms with Crippen molar-refractivity contribution in [2.75, 3.05) is 0 Å². The van der Waals surface area contributed by atoms with E-state index in [9.17, 15) is 4.21 Å². The van der Waals surface area contributed by atoms with E-state index in [2.05, 4.69) is 0 Å². The van der Waals surface area contributed by atoms with E-state index in [1.807, 2.05) is 37.3 Å². The van der Waals surface area contributed by atoms with Crippen molar-refractivity contribution in [3.05, 3.63) is 35.9 Å². The maximum absolute atomic E-state index is 10.9. The Morgan fingerprint density at radius 1 is 1.23 bits per heavy atom. The van der Waals surface area contributed by atoms with Gasteiger partial charge in [-0.15, -0.1) is 0 Å². The molecule has 1 aliphatic heterocycles. The lowest BCUT2D eigenvalue weighted by Crippen LogP contribution is -2.09. The first-order valence-corrected chi connectivity index (χ1v) is 5.08. The van der Waals surface area contributed by atoms with Gasteiger partial charge in [0.25, 0.3) is 0 Å². The molecule has 1 aromatic carbocycles. The van der Waals surface area contributed by atoms with E-state index in [1.165, 1.54) is 0 Å². The predicted molar refractivity (Wildman–Crippen MR) is 49.0 cm³/mol. The van der Waals surface area contributed by atoms with Crippen molar-refractivity contribution >= 4 is 11.4 Å². The number of benzene rings is 1. The molecule has 1 fully saturated rings. The van der Waals surface area contributed by atoms with Gasteiger partial charge < -0.3 is 0 Å². The van der Waals surface area contributed by atoms with E-state index in [0.717, 1.165) is 5.56 Å². The average molecular weight is 198 g/mol. The minimum Gasteiger partial charge on any atom is -0.262 e. The van der Waals surface area contributed by atoms with E-state index in [0.29, 0.717) is 0 Å². The molecule has 0 aliphatic carbocycles. The molecule has 1 heterocycles. The molecule has 3 atom stereocenters. The summed E-state index contributed by atoms with van der Waals surface area (Å²) in [5.74, 6) is 0. The van der Waals surface area contributed by atoms with Crippen molar-refractivity contribution in [2.24, 2.45) is 0 Å². The van der Waals surface area contributed by atoms with Crippen LogP contribution in [0.3, 0.4) is 0 Å². The maximum Gasteiger partial charge on any atom is 0.305 e. The molecule has 1 aliphatic rings. The van der Waals surface area contributed by atoms with Gasteiger partial charge in [0, 0.05) is 0 Å². The molecule has 1 aromatic rings. The van der Waals surface area contributed by atoms with Crippen LogP contribution in [0.2, 0.25) is 0 Å². The Morgan fingerprint density at radius 3 is 2.46 bits per heavy atom. The van der Waals surface area contributed by atoms with Gasteiger partial charge in [-0.25, -0.2) is 0 Å². The highest BCUT2D eigenvalue weighted by Crippen LogP contribution is 2.30. The van der Waals surface area contributed by atoms with Crippen molar-refractivity contribution in [1.82, 2.24) is 0 Å². The summed E-state index contributed by atoms with van der Waals surface area (Å²) in [6, 6.07) is 9.65. The van der Waals surface area contributed by atoms with Crippen LogP contribution in [0.4, 0.5) is 0 Å². The Hall–Kier alpha value is -0.710. The third kappa shape index (κ3) is 1.80. The van der Waals surface area contributed by atoms with Crippen molar-refractivity contribution in [2.45, 2.75) is 19.1 Å². The highest BCUT2D eigenvalue weighted by Gasteiger charge is 2.32. The summed E-state index contributed by atoms with van der Waals surface area (Å²) in [7, 11) is 0. The molecular formula is C9H10O3S. The molecule has 0 aromatic heterocycles. The summed E-state index contributed by atoms with van der Waals surface area (Å²) < 4.78 is 21.0. The molecule has 0 N–H and O–H groups in total. The summed E-state index contributed by atoms with van der Waals surface area (Å²) in [4.78, 5) is 0. The quantitative estimate of drug-likeness (QED) is 0.689. The van der Waals surface area contributed by atoms with E-state index < -0.39 is 11.4 Å². The zero-order valence-electron chi connectivity index (χ0n) is 7.17. The van der Waals surface area contributed by atoms with Crippen LogP contribution in [-0.4, -0.2) is 10.3 Å². The lowest BCUT2D eigenvalue weighted by Gasteiger charge is -2.09. The molecule has 0 radical (unpaired) electrons. The van der Waals surface area contributed by atoms with Gasteiger partial charge in [-0.3, -0.25) is 8.37 Å². The molecule has 0 spiro atoms. The molecule has 1 saturated heterocycles. The second kappa shape index (κ2) is 3.57. The van der Waals surface area contributed by atoms with Gasteiger partial charge in [-0.1, -0.05) is 30.3 Å². The topological polar surface area (TPSA) is 35.5 Å². The first-order valence-electron chi connectivity index (χ1n) is 4.08. The van der Waals surface area contributed by atoms with Crippen molar-refractivity contribution in [3.8, 4) is 0 Å². The SMILES string of the molecule is CC1OS(=O)OC1c1ccccc1. The number of hydrogen-bond donors (Lipinski definition) is 0. The molecule has 0 amide bonds. The van der Waals surface area contributed by atoms with Gasteiger partial charge in [-0.05, 0) is 12.5 Å². The number of rotatable bonds is 1. The lowest BCUT2D eigenvalue weighted by molar-refractivity contribution is 0.173. The van der Waals surface area contributed by atoms with Crippen LogP contribution in [0.5, 0.6) is 0 Å². The fraction of sp³-hybridized carbons (Fsp3) is 0.333. The molecular weight excluding hydrogens is 188 g/mol. The first kappa shape index (κ1) is 8.87. The minimum absolute atomic E-state index is 0.150. The van der Waals surface area contributed by atoms with Gasteiger partial charge in [0.05, 0.1) is 0 Å². The summed E-state index contributed by atoms with van der Waals surface area (Å²) in [6.07, 6.45) is -0.356. The second-order valence-electron chi connectivity index (χ2n) is 2.93. The smallest absolute Gasteiger partial charge is 0.262 e. The van der Waals surface area contributed by atoms with E-state index in [-0.39, 0.29) is 12.2 Å². The third-order valence-corrected chi connectivity index (χ3v) is 2.79. The fourth-order valence-corrected chi connectivity index (χ4v) is 2.16. The van der Waals surface area contributed by atoms with Gasteiger partial charge in [0.1, 0.15) is 12.2 Å². The van der Waals surface area contributed by atoms with Crippen LogP contribution < -0.4 is 0 Å². The van der Waals surface area contributed by atoms with Gasteiger partial charge in [0.15, 0.2) is 0 Å². The van der Waals surface area contributed by atoms with E-state index in [1.54, 1.807) is 0 Å². The van der Waals surface area contributed by atoms with Crippen LogP contribution in [0.15, 0.2) is 30.3 Å². The molecule has 13 heavy (non-hydrogen) atoms. The van der Waals surface area contributed by atoms with Crippen LogP contribution in [-0.2, 0) is 19.7 Å². The Morgan fingerprint density at radius 2 is 1.92 bits per heavy atom. The third-order valence-electron chi connectivity index (χ3n) is 1.97. The highest BCUT2D eigenvalue weighted by atomic mass is 32.2. The molecule has 0 bridgehead atoms. The van der Waals surface area contributed by atoms with Crippen molar-refractivity contribution in [1.29, 1.82) is 0 Å². The Labute approximate surface area is 79.5 Å². The Kier molecular flexibility index (Phi) is 2.44. The van der Waals surface area contributed by atoms with E-state index >= 15 is 0 Å². The predicted octanol–water partition coefficient (Wildman–Crippen LogP) is 1.74. The van der Waals surface area contributed by atoms with Crippen LogP contribution >= 0.6 is 0 Å². The van der Waals surface area contributed by atoms with Crippen LogP contribution in [0.1, 0.15) is 18.6 Å². The summed E-state index contributed by atoms with van der Waals surface area (Å²) in [5, 5.41) is 0. The minimum atomic E-state index is -1.58. The maximum atomic E-state index is 10.9. The van der Waals surface area contributed by atoms with Gasteiger partial charge >= 0.3 is 11.4 Å².